The molecule has 22 heavy (non-hydrogen) atoms. The van der Waals surface area contributed by atoms with Gasteiger partial charge in [0.1, 0.15) is 10.7 Å². The zero-order chi connectivity index (χ0) is 15.7. The third-order valence-corrected chi connectivity index (χ3v) is 4.31. The van der Waals surface area contributed by atoms with Crippen LogP contribution in [0.1, 0.15) is 21.4 Å². The molecule has 2 heterocycles. The van der Waals surface area contributed by atoms with E-state index < -0.39 is 17.6 Å². The zero-order valence-electron chi connectivity index (χ0n) is 11.0. The number of ketones is 1. The highest BCUT2D eigenvalue weighted by molar-refractivity contribution is 7.18. The maximum atomic E-state index is 13.1. The molecule has 0 saturated carbocycles. The van der Waals surface area contributed by atoms with Gasteiger partial charge < -0.3 is 0 Å². The van der Waals surface area contributed by atoms with Crippen LogP contribution in [0.4, 0.5) is 4.39 Å². The topological polar surface area (TPSA) is 66.6 Å². The van der Waals surface area contributed by atoms with Gasteiger partial charge in [0.2, 0.25) is 11.7 Å². The number of hydrogen-bond donors (Lipinski definition) is 0. The van der Waals surface area contributed by atoms with Crippen molar-refractivity contribution in [3.05, 3.63) is 58.1 Å². The second-order valence-corrected chi connectivity index (χ2v) is 5.93. The van der Waals surface area contributed by atoms with Gasteiger partial charge in [-0.1, -0.05) is 17.7 Å². The highest BCUT2D eigenvalue weighted by Gasteiger charge is 2.26. The van der Waals surface area contributed by atoms with Gasteiger partial charge in [-0.15, -0.1) is 11.3 Å². The molecule has 0 aliphatic heterocycles. The summed E-state index contributed by atoms with van der Waals surface area (Å²) in [5.41, 5.74) is 0.525. The molecule has 0 saturated heterocycles. The van der Waals surface area contributed by atoms with Gasteiger partial charge in [-0.05, 0) is 30.3 Å². The summed E-state index contributed by atoms with van der Waals surface area (Å²) in [6.45, 7) is 0. The molecule has 0 aliphatic carbocycles. The molecule has 0 amide bonds. The number of halogens is 2. The van der Waals surface area contributed by atoms with Crippen molar-refractivity contribution in [1.82, 2.24) is 9.97 Å². The highest BCUT2D eigenvalue weighted by atomic mass is 35.5. The van der Waals surface area contributed by atoms with E-state index in [0.29, 0.717) is 15.5 Å². The highest BCUT2D eigenvalue weighted by Crippen LogP contribution is 2.30. The predicted molar refractivity (Wildman–Crippen MR) is 81.5 cm³/mol. The van der Waals surface area contributed by atoms with Gasteiger partial charge in [-0.25, -0.2) is 9.97 Å². The first-order valence-electron chi connectivity index (χ1n) is 6.21. The zero-order valence-corrected chi connectivity index (χ0v) is 12.5. The van der Waals surface area contributed by atoms with Crippen LogP contribution in [-0.4, -0.2) is 15.8 Å². The summed E-state index contributed by atoms with van der Waals surface area (Å²) in [5.74, 6) is -2.46. The van der Waals surface area contributed by atoms with Crippen LogP contribution in [-0.2, 0) is 0 Å². The molecule has 0 N–H and O–H groups in total. The van der Waals surface area contributed by atoms with Crippen LogP contribution in [0.25, 0.3) is 10.2 Å². The van der Waals surface area contributed by atoms with E-state index in [1.807, 2.05) is 6.07 Å². The molecule has 1 atom stereocenters. The minimum absolute atomic E-state index is 0.0937. The number of aromatic nitrogens is 2. The van der Waals surface area contributed by atoms with E-state index in [9.17, 15) is 14.4 Å². The Kier molecular flexibility index (Phi) is 3.84. The van der Waals surface area contributed by atoms with E-state index in [4.69, 9.17) is 11.6 Å². The molecule has 1 aromatic carbocycles. The Morgan fingerprint density at radius 2 is 2.14 bits per heavy atom. The van der Waals surface area contributed by atoms with Gasteiger partial charge in [0, 0.05) is 5.02 Å². The fourth-order valence-corrected chi connectivity index (χ4v) is 3.12. The molecule has 108 valence electrons. The van der Waals surface area contributed by atoms with Crippen molar-refractivity contribution in [2.75, 3.05) is 0 Å². The van der Waals surface area contributed by atoms with Crippen molar-refractivity contribution >= 4 is 38.9 Å². The van der Waals surface area contributed by atoms with Crippen molar-refractivity contribution in [2.45, 2.75) is 5.92 Å². The number of nitriles is 1. The second kappa shape index (κ2) is 5.79. The van der Waals surface area contributed by atoms with E-state index in [1.165, 1.54) is 23.5 Å². The number of hydrogen-bond acceptors (Lipinski definition) is 5. The molecule has 0 bridgehead atoms. The Morgan fingerprint density at radius 3 is 2.86 bits per heavy atom. The van der Waals surface area contributed by atoms with Gasteiger partial charge in [-0.3, -0.25) is 4.79 Å². The van der Waals surface area contributed by atoms with Crippen LogP contribution < -0.4 is 0 Å². The van der Waals surface area contributed by atoms with Gasteiger partial charge >= 0.3 is 0 Å². The first kappa shape index (κ1) is 14.6. The number of nitrogens with zero attached hydrogens (tertiary/aromatic N) is 3. The van der Waals surface area contributed by atoms with E-state index in [2.05, 4.69) is 9.97 Å². The van der Waals surface area contributed by atoms with Crippen LogP contribution in [0, 0.1) is 17.3 Å². The van der Waals surface area contributed by atoms with Crippen molar-refractivity contribution in [3.63, 3.8) is 0 Å². The van der Waals surface area contributed by atoms with Gasteiger partial charge in [0.15, 0.2) is 5.92 Å². The van der Waals surface area contributed by atoms with Gasteiger partial charge in [-0.2, -0.15) is 9.65 Å². The maximum absolute atomic E-state index is 13.1. The van der Waals surface area contributed by atoms with E-state index in [1.54, 1.807) is 18.2 Å². The molecule has 3 aromatic rings. The van der Waals surface area contributed by atoms with E-state index in [0.717, 1.165) is 10.8 Å². The number of thiazole rings is 1. The third-order valence-electron chi connectivity index (χ3n) is 2.97. The summed E-state index contributed by atoms with van der Waals surface area (Å²) in [5, 5.41) is 10.2. The predicted octanol–water partition coefficient (Wildman–Crippen LogP) is 3.97. The van der Waals surface area contributed by atoms with Crippen molar-refractivity contribution in [1.29, 1.82) is 5.26 Å². The minimum Gasteiger partial charge on any atom is -0.290 e. The lowest BCUT2D eigenvalue weighted by atomic mass is 10.0. The Morgan fingerprint density at radius 1 is 1.32 bits per heavy atom. The molecule has 2 aromatic heterocycles. The summed E-state index contributed by atoms with van der Waals surface area (Å²) in [6, 6.07) is 11.0. The molecule has 4 nitrogen and oxygen atoms in total. The molecule has 0 fully saturated rings. The Balaban J connectivity index is 2.02. The molecular weight excluding hydrogens is 325 g/mol. The standard InChI is InChI=1S/C15H7ClFN3OS/c16-8-4-5-12-11(6-8)20-15(22-12)9(7-18)14(21)10-2-1-3-13(17)19-10/h1-6,9H/t9-/m0/s1. The summed E-state index contributed by atoms with van der Waals surface area (Å²) in [7, 11) is 0. The number of carbonyl (C=O) groups excluding carboxylic acids is 1. The lowest BCUT2D eigenvalue weighted by molar-refractivity contribution is 0.0973. The lowest BCUT2D eigenvalue weighted by Crippen LogP contribution is -2.13. The minimum atomic E-state index is -1.12. The SMILES string of the molecule is N#C[C@@H](C(=O)c1cccc(F)n1)c1nc2cc(Cl)ccc2s1. The number of fused-ring (bicyclic) bond motifs is 1. The van der Waals surface area contributed by atoms with Crippen LogP contribution >= 0.6 is 22.9 Å². The first-order chi connectivity index (χ1) is 10.6. The number of rotatable bonds is 3. The Hall–Kier alpha value is -2.36. The number of benzene rings is 1. The summed E-state index contributed by atoms with van der Waals surface area (Å²) in [6.07, 6.45) is 0. The van der Waals surface area contributed by atoms with Crippen molar-refractivity contribution in [3.8, 4) is 6.07 Å². The lowest BCUT2D eigenvalue weighted by Gasteiger charge is -2.03. The molecule has 3 rings (SSSR count). The van der Waals surface area contributed by atoms with Gasteiger partial charge in [0.25, 0.3) is 0 Å². The number of pyridine rings is 1. The van der Waals surface area contributed by atoms with Crippen LogP contribution in [0.3, 0.4) is 0 Å². The largest absolute Gasteiger partial charge is 0.290 e. The van der Waals surface area contributed by atoms with Crippen molar-refractivity contribution < 1.29 is 9.18 Å². The normalized spacial score (nSPS) is 12.0. The molecule has 7 heteroatoms. The molecule has 0 aliphatic rings. The second-order valence-electron chi connectivity index (χ2n) is 4.44. The van der Waals surface area contributed by atoms with Crippen LogP contribution in [0.15, 0.2) is 36.4 Å². The van der Waals surface area contributed by atoms with Crippen LogP contribution in [0.2, 0.25) is 5.02 Å². The Bertz CT molecular complexity index is 919. The van der Waals surface area contributed by atoms with E-state index in [-0.39, 0.29) is 5.69 Å². The fourth-order valence-electron chi connectivity index (χ4n) is 1.96. The van der Waals surface area contributed by atoms with Crippen molar-refractivity contribution in [2.24, 2.45) is 0 Å². The van der Waals surface area contributed by atoms with Crippen LogP contribution in [0.5, 0.6) is 0 Å². The fraction of sp³-hybridized carbons (Fsp3) is 0.0667. The summed E-state index contributed by atoms with van der Waals surface area (Å²) in [4.78, 5) is 20.2. The molecule has 0 unspecified atom stereocenters. The molecular formula is C15H7ClFN3OS. The number of Topliss-reactive ketones (excluding diaryl/α,β-unsaturated/α-hetero) is 1. The maximum Gasteiger partial charge on any atom is 0.213 e. The smallest absolute Gasteiger partial charge is 0.213 e. The summed E-state index contributed by atoms with van der Waals surface area (Å²) < 4.78 is 14.0. The van der Waals surface area contributed by atoms with Gasteiger partial charge in [0.05, 0.1) is 16.3 Å². The van der Waals surface area contributed by atoms with E-state index >= 15 is 0 Å². The Labute approximate surface area is 133 Å². The summed E-state index contributed by atoms with van der Waals surface area (Å²) >= 11 is 7.13. The third kappa shape index (κ3) is 2.69. The molecule has 0 radical (unpaired) electrons. The average Bonchev–Trinajstić information content (AvgIpc) is 2.90. The number of carbonyl (C=O) groups is 1. The quantitative estimate of drug-likeness (QED) is 0.538. The first-order valence-corrected chi connectivity index (χ1v) is 7.40. The monoisotopic (exact) mass is 331 g/mol. The molecule has 0 spiro atoms. The average molecular weight is 332 g/mol.